The first-order valence-corrected chi connectivity index (χ1v) is 7.30. The van der Waals surface area contributed by atoms with Crippen LogP contribution in [0, 0.1) is 0 Å². The van der Waals surface area contributed by atoms with Crippen molar-refractivity contribution in [3.8, 4) is 0 Å². The Morgan fingerprint density at radius 3 is 3.05 bits per heavy atom. The number of carbonyl (C=O) groups excluding carboxylic acids is 1. The largest absolute Gasteiger partial charge is 0.469 e. The second-order valence-corrected chi connectivity index (χ2v) is 5.86. The highest BCUT2D eigenvalue weighted by Crippen LogP contribution is 2.30. The summed E-state index contributed by atoms with van der Waals surface area (Å²) in [7, 11) is 0. The normalized spacial score (nSPS) is 25.0. The van der Waals surface area contributed by atoms with E-state index >= 15 is 0 Å². The molecule has 1 N–H and O–H groups in total. The number of furan rings is 1. The molecule has 1 aliphatic heterocycles. The summed E-state index contributed by atoms with van der Waals surface area (Å²) in [6.45, 7) is 3.09. The van der Waals surface area contributed by atoms with Gasteiger partial charge in [0.2, 0.25) is 5.91 Å². The zero-order valence-electron chi connectivity index (χ0n) is 11.5. The molecule has 1 aromatic rings. The molecule has 1 saturated heterocycles. The van der Waals surface area contributed by atoms with E-state index in [0.717, 1.165) is 25.1 Å². The van der Waals surface area contributed by atoms with Gasteiger partial charge in [-0.15, -0.1) is 0 Å². The van der Waals surface area contributed by atoms with E-state index in [9.17, 15) is 4.79 Å². The molecule has 2 fully saturated rings. The minimum atomic E-state index is 0.332. The maximum absolute atomic E-state index is 11.9. The van der Waals surface area contributed by atoms with Gasteiger partial charge in [-0.05, 0) is 38.3 Å². The summed E-state index contributed by atoms with van der Waals surface area (Å²) in [5, 5.41) is 3.58. The Kier molecular flexibility index (Phi) is 3.60. The van der Waals surface area contributed by atoms with Gasteiger partial charge in [-0.2, -0.15) is 0 Å². The molecule has 0 unspecified atom stereocenters. The average molecular weight is 262 g/mol. The van der Waals surface area contributed by atoms with Gasteiger partial charge in [-0.25, -0.2) is 0 Å². The summed E-state index contributed by atoms with van der Waals surface area (Å²) in [4.78, 5) is 13.9. The monoisotopic (exact) mass is 262 g/mol. The summed E-state index contributed by atoms with van der Waals surface area (Å²) in [6, 6.07) is 5.25. The van der Waals surface area contributed by atoms with E-state index in [-0.39, 0.29) is 0 Å². The third kappa shape index (κ3) is 3.18. The first kappa shape index (κ1) is 12.7. The van der Waals surface area contributed by atoms with Crippen molar-refractivity contribution in [3.63, 3.8) is 0 Å². The molecule has 0 aromatic carbocycles. The highest BCUT2D eigenvalue weighted by molar-refractivity contribution is 5.80. The maximum Gasteiger partial charge on any atom is 0.224 e. The van der Waals surface area contributed by atoms with Crippen LogP contribution in [0.4, 0.5) is 0 Å². The van der Waals surface area contributed by atoms with E-state index in [1.165, 1.54) is 12.8 Å². The van der Waals surface area contributed by atoms with Crippen LogP contribution in [0.15, 0.2) is 22.8 Å². The van der Waals surface area contributed by atoms with Crippen molar-refractivity contribution in [1.82, 2.24) is 10.2 Å². The smallest absolute Gasteiger partial charge is 0.224 e. The molecule has 19 heavy (non-hydrogen) atoms. The molecule has 4 nitrogen and oxygen atoms in total. The van der Waals surface area contributed by atoms with E-state index in [2.05, 4.69) is 17.1 Å². The van der Waals surface area contributed by atoms with Crippen LogP contribution >= 0.6 is 0 Å². The lowest BCUT2D eigenvalue weighted by Crippen LogP contribution is -2.39. The molecular weight excluding hydrogens is 240 g/mol. The highest BCUT2D eigenvalue weighted by atomic mass is 16.3. The van der Waals surface area contributed by atoms with Crippen LogP contribution in [0.3, 0.4) is 0 Å². The van der Waals surface area contributed by atoms with Crippen LogP contribution in [0.1, 0.15) is 38.4 Å². The summed E-state index contributed by atoms with van der Waals surface area (Å²) in [6.07, 6.45) is 6.78. The van der Waals surface area contributed by atoms with Gasteiger partial charge < -0.3 is 14.6 Å². The number of hydrogen-bond donors (Lipinski definition) is 1. The topological polar surface area (TPSA) is 45.5 Å². The third-order valence-corrected chi connectivity index (χ3v) is 4.07. The Bertz CT molecular complexity index is 425. The van der Waals surface area contributed by atoms with Gasteiger partial charge in [0.25, 0.3) is 0 Å². The van der Waals surface area contributed by atoms with Gasteiger partial charge >= 0.3 is 0 Å². The van der Waals surface area contributed by atoms with Gasteiger partial charge in [0.1, 0.15) is 5.76 Å². The van der Waals surface area contributed by atoms with E-state index in [1.807, 2.05) is 12.1 Å². The Morgan fingerprint density at radius 1 is 1.53 bits per heavy atom. The molecule has 1 saturated carbocycles. The number of nitrogens with one attached hydrogen (secondary N) is 1. The molecule has 1 aliphatic carbocycles. The van der Waals surface area contributed by atoms with Gasteiger partial charge in [0, 0.05) is 37.5 Å². The molecular formula is C15H22N2O2. The van der Waals surface area contributed by atoms with E-state index in [4.69, 9.17) is 4.42 Å². The zero-order valence-corrected chi connectivity index (χ0v) is 11.5. The zero-order chi connectivity index (χ0) is 13.2. The quantitative estimate of drug-likeness (QED) is 0.852. The average Bonchev–Trinajstić information content (AvgIpc) is 2.96. The second-order valence-electron chi connectivity index (χ2n) is 5.86. The predicted molar refractivity (Wildman–Crippen MR) is 72.8 cm³/mol. The Labute approximate surface area is 114 Å². The van der Waals surface area contributed by atoms with Crippen LogP contribution in [0.25, 0.3) is 0 Å². The van der Waals surface area contributed by atoms with Crippen molar-refractivity contribution in [1.29, 1.82) is 0 Å². The van der Waals surface area contributed by atoms with Crippen LogP contribution < -0.4 is 5.32 Å². The standard InChI is InChI=1S/C15H22N2O2/c1-11(4-7-14-3-2-8-19-14)16-12-9-15(18)17(10-12)13-5-6-13/h2-3,8,11-13,16H,4-7,9-10H2,1H3/t11-,12-/m0/s1. The molecule has 0 radical (unpaired) electrons. The molecule has 0 bridgehead atoms. The number of carbonyl (C=O) groups is 1. The van der Waals surface area contributed by atoms with Gasteiger partial charge in [0.15, 0.2) is 0 Å². The molecule has 1 aromatic heterocycles. The van der Waals surface area contributed by atoms with Crippen molar-refractivity contribution in [2.75, 3.05) is 6.54 Å². The van der Waals surface area contributed by atoms with Crippen molar-refractivity contribution < 1.29 is 9.21 Å². The first-order valence-electron chi connectivity index (χ1n) is 7.30. The SMILES string of the molecule is C[C@@H](CCc1ccco1)N[C@H]1CC(=O)N(C2CC2)C1. The van der Waals surface area contributed by atoms with Crippen molar-refractivity contribution in [2.24, 2.45) is 0 Å². The van der Waals surface area contributed by atoms with E-state index in [0.29, 0.717) is 30.5 Å². The number of nitrogens with zero attached hydrogens (tertiary/aromatic N) is 1. The summed E-state index contributed by atoms with van der Waals surface area (Å²) < 4.78 is 5.34. The lowest BCUT2D eigenvalue weighted by Gasteiger charge is -2.20. The summed E-state index contributed by atoms with van der Waals surface area (Å²) >= 11 is 0. The maximum atomic E-state index is 11.9. The van der Waals surface area contributed by atoms with Crippen molar-refractivity contribution in [2.45, 2.75) is 57.2 Å². The fourth-order valence-electron chi connectivity index (χ4n) is 2.88. The predicted octanol–water partition coefficient (Wildman–Crippen LogP) is 1.95. The molecule has 1 amide bonds. The molecule has 2 atom stereocenters. The molecule has 3 rings (SSSR count). The van der Waals surface area contributed by atoms with Gasteiger partial charge in [-0.1, -0.05) is 0 Å². The minimum absolute atomic E-state index is 0.332. The first-order chi connectivity index (χ1) is 9.22. The fraction of sp³-hybridized carbons (Fsp3) is 0.667. The lowest BCUT2D eigenvalue weighted by molar-refractivity contribution is -0.128. The Hall–Kier alpha value is -1.29. The number of hydrogen-bond acceptors (Lipinski definition) is 3. The number of rotatable bonds is 6. The molecule has 104 valence electrons. The van der Waals surface area contributed by atoms with Crippen LogP contribution in [0.5, 0.6) is 0 Å². The highest BCUT2D eigenvalue weighted by Gasteiger charge is 2.39. The third-order valence-electron chi connectivity index (χ3n) is 4.07. The number of likely N-dealkylation sites (tertiary alicyclic amines) is 1. The summed E-state index contributed by atoms with van der Waals surface area (Å²) in [5.41, 5.74) is 0. The number of aryl methyl sites for hydroxylation is 1. The Morgan fingerprint density at radius 2 is 2.37 bits per heavy atom. The molecule has 2 aliphatic rings. The fourth-order valence-corrected chi connectivity index (χ4v) is 2.88. The van der Waals surface area contributed by atoms with Crippen molar-refractivity contribution >= 4 is 5.91 Å². The van der Waals surface area contributed by atoms with Gasteiger partial charge in [0.05, 0.1) is 6.26 Å². The summed E-state index contributed by atoms with van der Waals surface area (Å²) in [5.74, 6) is 1.37. The molecule has 4 heteroatoms. The Balaban J connectivity index is 1.42. The minimum Gasteiger partial charge on any atom is -0.469 e. The van der Waals surface area contributed by atoms with Crippen LogP contribution in [-0.2, 0) is 11.2 Å². The lowest BCUT2D eigenvalue weighted by atomic mass is 10.1. The molecule has 2 heterocycles. The number of amides is 1. The van der Waals surface area contributed by atoms with E-state index in [1.54, 1.807) is 6.26 Å². The van der Waals surface area contributed by atoms with E-state index < -0.39 is 0 Å². The van der Waals surface area contributed by atoms with Crippen molar-refractivity contribution in [3.05, 3.63) is 24.2 Å². The van der Waals surface area contributed by atoms with Crippen LogP contribution in [-0.4, -0.2) is 35.5 Å². The van der Waals surface area contributed by atoms with Crippen LogP contribution in [0.2, 0.25) is 0 Å². The second kappa shape index (κ2) is 5.37. The molecule has 0 spiro atoms. The van der Waals surface area contributed by atoms with Gasteiger partial charge in [-0.3, -0.25) is 4.79 Å².